The molecular weight excluding hydrogens is 354 g/mol. The molecule has 0 radical (unpaired) electrons. The first-order valence-corrected chi connectivity index (χ1v) is 9.64. The van der Waals surface area contributed by atoms with Crippen LogP contribution in [0.5, 0.6) is 0 Å². The Hall–Kier alpha value is -2.16. The van der Waals surface area contributed by atoms with Crippen molar-refractivity contribution in [2.24, 2.45) is 11.7 Å². The van der Waals surface area contributed by atoms with Gasteiger partial charge in [0.1, 0.15) is 5.01 Å². The van der Waals surface area contributed by atoms with Crippen LogP contribution in [0.1, 0.15) is 30.6 Å². The van der Waals surface area contributed by atoms with Crippen molar-refractivity contribution in [1.82, 2.24) is 15.0 Å². The zero-order valence-electron chi connectivity index (χ0n) is 14.0. The highest BCUT2D eigenvalue weighted by Crippen LogP contribution is 2.25. The maximum absolute atomic E-state index is 12.2. The molecule has 3 aromatic heterocycles. The van der Waals surface area contributed by atoms with Crippen molar-refractivity contribution in [2.45, 2.75) is 26.3 Å². The van der Waals surface area contributed by atoms with Crippen LogP contribution in [0.25, 0.3) is 11.3 Å². The molecule has 0 aliphatic rings. The van der Waals surface area contributed by atoms with Crippen LogP contribution >= 0.6 is 22.7 Å². The molecule has 3 heterocycles. The van der Waals surface area contributed by atoms with Crippen LogP contribution in [0, 0.1) is 5.92 Å². The van der Waals surface area contributed by atoms with Crippen molar-refractivity contribution in [3.63, 3.8) is 0 Å². The van der Waals surface area contributed by atoms with E-state index in [0.717, 1.165) is 22.0 Å². The lowest BCUT2D eigenvalue weighted by Gasteiger charge is -2.11. The number of thiazole rings is 2. The Bertz CT molecular complexity index is 844. The van der Waals surface area contributed by atoms with Gasteiger partial charge in [0.25, 0.3) is 0 Å². The van der Waals surface area contributed by atoms with Gasteiger partial charge in [-0.2, -0.15) is 0 Å². The third-order valence-electron chi connectivity index (χ3n) is 3.64. The summed E-state index contributed by atoms with van der Waals surface area (Å²) in [5.41, 5.74) is 8.63. The van der Waals surface area contributed by atoms with Gasteiger partial charge in [-0.3, -0.25) is 9.78 Å². The van der Waals surface area contributed by atoms with Crippen molar-refractivity contribution >= 4 is 33.7 Å². The average molecular weight is 374 g/mol. The zero-order chi connectivity index (χ0) is 17.8. The van der Waals surface area contributed by atoms with Crippen molar-refractivity contribution < 1.29 is 4.79 Å². The Morgan fingerprint density at radius 3 is 2.68 bits per heavy atom. The summed E-state index contributed by atoms with van der Waals surface area (Å²) in [6, 6.07) is 3.67. The molecule has 8 heteroatoms. The minimum atomic E-state index is -0.134. The minimum absolute atomic E-state index is 0.0938. The first-order chi connectivity index (χ1) is 12.0. The van der Waals surface area contributed by atoms with Crippen molar-refractivity contribution in [2.75, 3.05) is 5.32 Å². The van der Waals surface area contributed by atoms with Crippen molar-refractivity contribution in [1.29, 1.82) is 0 Å². The smallest absolute Gasteiger partial charge is 0.232 e. The largest absolute Gasteiger partial charge is 0.322 e. The van der Waals surface area contributed by atoms with Gasteiger partial charge in [0.05, 0.1) is 23.9 Å². The van der Waals surface area contributed by atoms with E-state index in [-0.39, 0.29) is 18.4 Å². The van der Waals surface area contributed by atoms with E-state index in [2.05, 4.69) is 34.1 Å². The summed E-state index contributed by atoms with van der Waals surface area (Å²) >= 11 is 2.90. The van der Waals surface area contributed by atoms with Gasteiger partial charge in [0, 0.05) is 28.7 Å². The number of amides is 1. The van der Waals surface area contributed by atoms with Gasteiger partial charge >= 0.3 is 0 Å². The zero-order valence-corrected chi connectivity index (χ0v) is 15.6. The number of carbonyl (C=O) groups excluding carboxylic acids is 1. The standard InChI is InChI=1S/C17H19N5OS2/c1-10(2)15(18)16-20-12(8-24-16)7-14(23)22-17-21-13(9-25-17)11-3-5-19-6-4-11/h3-6,8-10,15H,7,18H2,1-2H3,(H,21,22,23). The fourth-order valence-corrected chi connectivity index (χ4v) is 3.88. The number of rotatable bonds is 6. The Morgan fingerprint density at radius 1 is 1.20 bits per heavy atom. The Morgan fingerprint density at radius 2 is 1.96 bits per heavy atom. The molecule has 0 fully saturated rings. The van der Waals surface area contributed by atoms with E-state index in [1.54, 1.807) is 12.4 Å². The van der Waals surface area contributed by atoms with E-state index in [0.29, 0.717) is 11.0 Å². The average Bonchev–Trinajstić information content (AvgIpc) is 3.24. The maximum Gasteiger partial charge on any atom is 0.232 e. The second-order valence-electron chi connectivity index (χ2n) is 5.95. The fraction of sp³-hybridized carbons (Fsp3) is 0.294. The van der Waals surface area contributed by atoms with Gasteiger partial charge in [0.2, 0.25) is 5.91 Å². The number of nitrogens with two attached hydrogens (primary N) is 1. The molecule has 25 heavy (non-hydrogen) atoms. The van der Waals surface area contributed by atoms with Gasteiger partial charge in [-0.1, -0.05) is 13.8 Å². The van der Waals surface area contributed by atoms with Gasteiger partial charge < -0.3 is 11.1 Å². The number of anilines is 1. The number of aromatic nitrogens is 3. The topological polar surface area (TPSA) is 93.8 Å². The monoisotopic (exact) mass is 373 g/mol. The SMILES string of the molecule is CC(C)C(N)c1nc(CC(=O)Nc2nc(-c3ccncc3)cs2)cs1. The number of hydrogen-bond acceptors (Lipinski definition) is 7. The lowest BCUT2D eigenvalue weighted by molar-refractivity contribution is -0.115. The molecule has 0 aliphatic carbocycles. The quantitative estimate of drug-likeness (QED) is 0.690. The molecule has 0 bridgehead atoms. The maximum atomic E-state index is 12.2. The van der Waals surface area contributed by atoms with Crippen LogP contribution < -0.4 is 11.1 Å². The van der Waals surface area contributed by atoms with E-state index in [9.17, 15) is 4.79 Å². The molecule has 0 spiro atoms. The fourth-order valence-electron chi connectivity index (χ4n) is 2.16. The second kappa shape index (κ2) is 7.81. The van der Waals surface area contributed by atoms with Crippen molar-refractivity contribution in [3.05, 3.63) is 46.0 Å². The molecule has 130 valence electrons. The summed E-state index contributed by atoms with van der Waals surface area (Å²) < 4.78 is 0. The van der Waals surface area contributed by atoms with Gasteiger partial charge in [0.15, 0.2) is 5.13 Å². The van der Waals surface area contributed by atoms with Crippen molar-refractivity contribution in [3.8, 4) is 11.3 Å². The molecular formula is C17H19N5OS2. The minimum Gasteiger partial charge on any atom is -0.322 e. The van der Waals surface area contributed by atoms with E-state index < -0.39 is 0 Å². The first kappa shape index (κ1) is 17.7. The summed E-state index contributed by atoms with van der Waals surface area (Å²) in [7, 11) is 0. The molecule has 0 saturated heterocycles. The van der Waals surface area contributed by atoms with Crippen LogP contribution in [0.3, 0.4) is 0 Å². The summed E-state index contributed by atoms with van der Waals surface area (Å²) in [5.74, 6) is 0.181. The Kier molecular flexibility index (Phi) is 5.52. The molecule has 1 unspecified atom stereocenters. The normalized spacial score (nSPS) is 12.3. The van der Waals surface area contributed by atoms with Gasteiger partial charge in [-0.15, -0.1) is 22.7 Å². The number of nitrogens with one attached hydrogen (secondary N) is 1. The van der Waals surface area contributed by atoms with Crippen LogP contribution in [-0.4, -0.2) is 20.9 Å². The summed E-state index contributed by atoms with van der Waals surface area (Å²) in [6.45, 7) is 4.11. The van der Waals surface area contributed by atoms with Crippen LogP contribution in [0.15, 0.2) is 35.3 Å². The lowest BCUT2D eigenvalue weighted by atomic mass is 10.1. The highest BCUT2D eigenvalue weighted by molar-refractivity contribution is 7.14. The summed E-state index contributed by atoms with van der Waals surface area (Å²) in [4.78, 5) is 25.1. The number of nitrogens with zero attached hydrogens (tertiary/aromatic N) is 3. The Labute approximate surface area is 154 Å². The second-order valence-corrected chi connectivity index (χ2v) is 7.69. The molecule has 0 aromatic carbocycles. The molecule has 0 aliphatic heterocycles. The summed E-state index contributed by atoms with van der Waals surface area (Å²) in [5, 5.41) is 8.07. The highest BCUT2D eigenvalue weighted by Gasteiger charge is 2.16. The molecule has 3 rings (SSSR count). The van der Waals surface area contributed by atoms with Gasteiger partial charge in [-0.05, 0) is 18.1 Å². The third-order valence-corrected chi connectivity index (χ3v) is 5.39. The number of carbonyl (C=O) groups is 1. The van der Waals surface area contributed by atoms with Crippen LogP contribution in [-0.2, 0) is 11.2 Å². The van der Waals surface area contributed by atoms with E-state index >= 15 is 0 Å². The highest BCUT2D eigenvalue weighted by atomic mass is 32.1. The Balaban J connectivity index is 1.61. The molecule has 1 amide bonds. The molecule has 3 N–H and O–H groups in total. The number of pyridine rings is 1. The molecule has 6 nitrogen and oxygen atoms in total. The molecule has 3 aromatic rings. The lowest BCUT2D eigenvalue weighted by Crippen LogP contribution is -2.17. The number of hydrogen-bond donors (Lipinski definition) is 2. The molecule has 0 saturated carbocycles. The predicted molar refractivity (Wildman–Crippen MR) is 102 cm³/mol. The predicted octanol–water partition coefficient (Wildman–Crippen LogP) is 3.50. The van der Waals surface area contributed by atoms with E-state index in [4.69, 9.17) is 5.73 Å². The first-order valence-electron chi connectivity index (χ1n) is 7.88. The van der Waals surface area contributed by atoms with E-state index in [1.165, 1.54) is 22.7 Å². The molecule has 1 atom stereocenters. The summed E-state index contributed by atoms with van der Waals surface area (Å²) in [6.07, 6.45) is 3.65. The third kappa shape index (κ3) is 4.47. The van der Waals surface area contributed by atoms with Gasteiger partial charge in [-0.25, -0.2) is 9.97 Å². The van der Waals surface area contributed by atoms with Crippen LogP contribution in [0.4, 0.5) is 5.13 Å². The van der Waals surface area contributed by atoms with Crippen LogP contribution in [0.2, 0.25) is 0 Å². The van der Waals surface area contributed by atoms with E-state index in [1.807, 2.05) is 22.9 Å².